The molecule has 1 aromatic rings. The molecule has 1 aliphatic heterocycles. The molecule has 0 spiro atoms. The van der Waals surface area contributed by atoms with E-state index in [-0.39, 0.29) is 0 Å². The fourth-order valence-electron chi connectivity index (χ4n) is 1.99. The third-order valence-electron chi connectivity index (χ3n) is 2.70. The number of rotatable bonds is 3. The summed E-state index contributed by atoms with van der Waals surface area (Å²) in [6.45, 7) is 2.13. The van der Waals surface area contributed by atoms with E-state index in [1.54, 1.807) is 0 Å². The second kappa shape index (κ2) is 4.15. The number of fused-ring (bicyclic) bond motifs is 1. The second-order valence-electron chi connectivity index (χ2n) is 3.63. The Balaban J connectivity index is 2.00. The van der Waals surface area contributed by atoms with Crippen molar-refractivity contribution in [2.75, 3.05) is 18.0 Å². The van der Waals surface area contributed by atoms with Gasteiger partial charge in [0.25, 0.3) is 0 Å². The normalized spacial score (nSPS) is 13.8. The highest BCUT2D eigenvalue weighted by molar-refractivity contribution is 5.57. The maximum atomic E-state index is 8.47. The Bertz CT molecular complexity index is 352. The van der Waals surface area contributed by atoms with Crippen molar-refractivity contribution in [3.05, 3.63) is 29.8 Å². The van der Waals surface area contributed by atoms with Crippen molar-refractivity contribution in [3.8, 4) is 6.07 Å². The van der Waals surface area contributed by atoms with Crippen LogP contribution in [0.15, 0.2) is 24.3 Å². The van der Waals surface area contributed by atoms with Crippen molar-refractivity contribution in [1.82, 2.24) is 0 Å². The Morgan fingerprint density at radius 2 is 2.21 bits per heavy atom. The number of unbranched alkanes of at least 4 members (excludes halogenated alkanes) is 1. The highest BCUT2D eigenvalue weighted by atomic mass is 15.1. The number of anilines is 1. The minimum atomic E-state index is 0.665. The molecule has 0 atom stereocenters. The van der Waals surface area contributed by atoms with Gasteiger partial charge in [-0.3, -0.25) is 0 Å². The van der Waals surface area contributed by atoms with Crippen molar-refractivity contribution in [1.29, 1.82) is 5.26 Å². The summed E-state index contributed by atoms with van der Waals surface area (Å²) in [6.07, 6.45) is 2.80. The number of nitrogens with zero attached hydrogens (tertiary/aromatic N) is 2. The summed E-state index contributed by atoms with van der Waals surface area (Å²) < 4.78 is 0. The molecule has 0 aliphatic carbocycles. The third kappa shape index (κ3) is 1.72. The fourth-order valence-corrected chi connectivity index (χ4v) is 1.99. The van der Waals surface area contributed by atoms with Crippen LogP contribution in [-0.2, 0) is 6.42 Å². The van der Waals surface area contributed by atoms with Crippen molar-refractivity contribution in [3.63, 3.8) is 0 Å². The van der Waals surface area contributed by atoms with E-state index in [1.807, 2.05) is 0 Å². The van der Waals surface area contributed by atoms with Crippen LogP contribution in [0.2, 0.25) is 0 Å². The number of hydrogen-bond donors (Lipinski definition) is 0. The molecule has 0 unspecified atom stereocenters. The van der Waals surface area contributed by atoms with Crippen molar-refractivity contribution >= 4 is 5.69 Å². The van der Waals surface area contributed by atoms with Crippen LogP contribution in [0, 0.1) is 11.3 Å². The highest BCUT2D eigenvalue weighted by Gasteiger charge is 2.16. The lowest BCUT2D eigenvalue weighted by Gasteiger charge is -2.18. The molecular weight excluding hydrogens is 172 g/mol. The number of benzene rings is 1. The van der Waals surface area contributed by atoms with Crippen LogP contribution >= 0.6 is 0 Å². The smallest absolute Gasteiger partial charge is 0.0622 e. The summed E-state index contributed by atoms with van der Waals surface area (Å²) >= 11 is 0. The van der Waals surface area contributed by atoms with Gasteiger partial charge in [-0.2, -0.15) is 5.26 Å². The van der Waals surface area contributed by atoms with Crippen LogP contribution < -0.4 is 4.90 Å². The van der Waals surface area contributed by atoms with Crippen molar-refractivity contribution in [2.45, 2.75) is 19.3 Å². The van der Waals surface area contributed by atoms with Gasteiger partial charge in [-0.1, -0.05) is 18.2 Å². The van der Waals surface area contributed by atoms with E-state index in [4.69, 9.17) is 5.26 Å². The predicted molar refractivity (Wildman–Crippen MR) is 57.2 cm³/mol. The molecule has 2 nitrogen and oxygen atoms in total. The summed E-state index contributed by atoms with van der Waals surface area (Å²) in [5.41, 5.74) is 2.81. The zero-order valence-electron chi connectivity index (χ0n) is 8.24. The van der Waals surface area contributed by atoms with Crippen molar-refractivity contribution < 1.29 is 0 Å². The van der Waals surface area contributed by atoms with Gasteiger partial charge in [0.1, 0.15) is 0 Å². The standard InChI is InChI=1S/C12H14N2/c13-8-3-4-9-14-10-7-11-5-1-2-6-12(11)14/h1-2,5-6H,3-4,7,9-10H2. The van der Waals surface area contributed by atoms with Crippen LogP contribution in [0.5, 0.6) is 0 Å². The first kappa shape index (κ1) is 9.08. The van der Waals surface area contributed by atoms with E-state index in [0.717, 1.165) is 25.9 Å². The molecule has 72 valence electrons. The molecule has 1 aromatic carbocycles. The molecule has 2 heteroatoms. The molecule has 1 aliphatic rings. The molecule has 0 saturated carbocycles. The zero-order valence-corrected chi connectivity index (χ0v) is 8.24. The van der Waals surface area contributed by atoms with E-state index < -0.39 is 0 Å². The van der Waals surface area contributed by atoms with Gasteiger partial charge < -0.3 is 4.90 Å². The third-order valence-corrected chi connectivity index (χ3v) is 2.70. The lowest BCUT2D eigenvalue weighted by molar-refractivity contribution is 0.766. The summed E-state index contributed by atoms with van der Waals surface area (Å²) in [5, 5.41) is 8.47. The first-order valence-corrected chi connectivity index (χ1v) is 5.11. The molecule has 0 bridgehead atoms. The molecule has 0 N–H and O–H groups in total. The SMILES string of the molecule is N#CCCCN1CCc2ccccc21. The number of hydrogen-bond acceptors (Lipinski definition) is 2. The molecule has 0 radical (unpaired) electrons. The summed E-state index contributed by atoms with van der Waals surface area (Å²) in [4.78, 5) is 2.38. The fraction of sp³-hybridized carbons (Fsp3) is 0.417. The van der Waals surface area contributed by atoms with Gasteiger partial charge in [-0.05, 0) is 24.5 Å². The van der Waals surface area contributed by atoms with E-state index in [9.17, 15) is 0 Å². The lowest BCUT2D eigenvalue weighted by atomic mass is 10.2. The Hall–Kier alpha value is -1.49. The lowest BCUT2D eigenvalue weighted by Crippen LogP contribution is -2.21. The van der Waals surface area contributed by atoms with Gasteiger partial charge >= 0.3 is 0 Å². The molecule has 0 aromatic heterocycles. The van der Waals surface area contributed by atoms with Crippen molar-refractivity contribution in [2.24, 2.45) is 0 Å². The van der Waals surface area contributed by atoms with Crippen LogP contribution in [0.4, 0.5) is 5.69 Å². The zero-order chi connectivity index (χ0) is 9.80. The van der Waals surface area contributed by atoms with Gasteiger partial charge in [-0.15, -0.1) is 0 Å². The first-order valence-electron chi connectivity index (χ1n) is 5.11. The average molecular weight is 186 g/mol. The maximum Gasteiger partial charge on any atom is 0.0622 e. The monoisotopic (exact) mass is 186 g/mol. The van der Waals surface area contributed by atoms with Gasteiger partial charge in [-0.25, -0.2) is 0 Å². The van der Waals surface area contributed by atoms with Crippen LogP contribution in [0.25, 0.3) is 0 Å². The molecule has 0 fully saturated rings. The molecule has 0 amide bonds. The van der Waals surface area contributed by atoms with Crippen LogP contribution in [-0.4, -0.2) is 13.1 Å². The van der Waals surface area contributed by atoms with E-state index in [2.05, 4.69) is 35.2 Å². The number of para-hydroxylation sites is 1. The summed E-state index contributed by atoms with van der Waals surface area (Å²) in [6, 6.07) is 10.7. The van der Waals surface area contributed by atoms with Gasteiger partial charge in [0, 0.05) is 25.2 Å². The molecule has 14 heavy (non-hydrogen) atoms. The maximum absolute atomic E-state index is 8.47. The Labute approximate surface area is 84.8 Å². The first-order chi connectivity index (χ1) is 6.92. The largest absolute Gasteiger partial charge is 0.371 e. The summed E-state index contributed by atoms with van der Waals surface area (Å²) in [5.74, 6) is 0. The van der Waals surface area contributed by atoms with Gasteiger partial charge in [0.05, 0.1) is 6.07 Å². The minimum absolute atomic E-state index is 0.665. The summed E-state index contributed by atoms with van der Waals surface area (Å²) in [7, 11) is 0. The topological polar surface area (TPSA) is 27.0 Å². The average Bonchev–Trinajstić information content (AvgIpc) is 2.63. The Morgan fingerprint density at radius 3 is 3.07 bits per heavy atom. The minimum Gasteiger partial charge on any atom is -0.371 e. The molecule has 2 rings (SSSR count). The Kier molecular flexibility index (Phi) is 2.69. The highest BCUT2D eigenvalue weighted by Crippen LogP contribution is 2.27. The van der Waals surface area contributed by atoms with Gasteiger partial charge in [0.2, 0.25) is 0 Å². The molecule has 0 saturated heterocycles. The van der Waals surface area contributed by atoms with E-state index >= 15 is 0 Å². The van der Waals surface area contributed by atoms with Crippen LogP contribution in [0.3, 0.4) is 0 Å². The predicted octanol–water partition coefficient (Wildman–Crippen LogP) is 2.35. The molecule has 1 heterocycles. The van der Waals surface area contributed by atoms with E-state index in [0.29, 0.717) is 6.42 Å². The second-order valence-corrected chi connectivity index (χ2v) is 3.63. The van der Waals surface area contributed by atoms with Crippen LogP contribution in [0.1, 0.15) is 18.4 Å². The quantitative estimate of drug-likeness (QED) is 0.677. The number of nitriles is 1. The molecular formula is C12H14N2. The van der Waals surface area contributed by atoms with E-state index in [1.165, 1.54) is 11.3 Å². The Morgan fingerprint density at radius 1 is 1.36 bits per heavy atom. The van der Waals surface area contributed by atoms with Gasteiger partial charge in [0.15, 0.2) is 0 Å².